The molecule has 2 heteroatoms. The van der Waals surface area contributed by atoms with Crippen LogP contribution in [0.2, 0.25) is 6.32 Å². The van der Waals surface area contributed by atoms with Gasteiger partial charge in [-0.05, 0) is 75.8 Å². The Labute approximate surface area is 173 Å². The lowest BCUT2D eigenvalue weighted by Crippen LogP contribution is -2.36. The van der Waals surface area contributed by atoms with Crippen LogP contribution in [-0.2, 0) is 4.65 Å². The molecule has 1 heterocycles. The van der Waals surface area contributed by atoms with Gasteiger partial charge in [0, 0.05) is 0 Å². The van der Waals surface area contributed by atoms with E-state index in [9.17, 15) is 0 Å². The van der Waals surface area contributed by atoms with Crippen LogP contribution in [0, 0.1) is 5.41 Å². The van der Waals surface area contributed by atoms with E-state index in [-0.39, 0.29) is 17.9 Å². The Morgan fingerprint density at radius 2 is 1.21 bits per heavy atom. The smallest absolute Gasteiger partial charge is 0.327 e. The molecule has 0 aliphatic carbocycles. The first-order valence-corrected chi connectivity index (χ1v) is 10.5. The van der Waals surface area contributed by atoms with Crippen LogP contribution >= 0.6 is 0 Å². The van der Waals surface area contributed by atoms with Crippen molar-refractivity contribution < 1.29 is 4.65 Å². The van der Waals surface area contributed by atoms with Crippen molar-refractivity contribution in [2.24, 2.45) is 5.41 Å². The molecule has 0 saturated carbocycles. The second-order valence-corrected chi connectivity index (χ2v) is 9.59. The lowest BCUT2D eigenvalue weighted by Gasteiger charge is -2.34. The lowest BCUT2D eigenvalue weighted by molar-refractivity contribution is 0.0375. The molecule has 4 aromatic rings. The van der Waals surface area contributed by atoms with Crippen molar-refractivity contribution in [3.8, 4) is 11.1 Å². The van der Waals surface area contributed by atoms with E-state index in [4.69, 9.17) is 4.65 Å². The average molecular weight is 378 g/mol. The molecule has 1 aliphatic heterocycles. The molecule has 0 N–H and O–H groups in total. The molecule has 5 rings (SSSR count). The minimum atomic E-state index is -0.105. The first-order chi connectivity index (χ1) is 13.8. The van der Waals surface area contributed by atoms with Crippen LogP contribution in [0.5, 0.6) is 0 Å². The zero-order valence-corrected chi connectivity index (χ0v) is 17.7. The molecule has 0 bridgehead atoms. The zero-order chi connectivity index (χ0) is 20.2. The van der Waals surface area contributed by atoms with Gasteiger partial charge >= 0.3 is 6.92 Å². The fourth-order valence-corrected chi connectivity index (χ4v) is 4.46. The number of benzene rings is 4. The second kappa shape index (κ2) is 6.47. The maximum Gasteiger partial charge on any atom is 0.327 e. The predicted molar refractivity (Wildman–Crippen MR) is 126 cm³/mol. The van der Waals surface area contributed by atoms with Crippen molar-refractivity contribution >= 4 is 33.9 Å². The van der Waals surface area contributed by atoms with Crippen molar-refractivity contribution in [3.05, 3.63) is 78.9 Å². The fraction of sp³-hybridized carbons (Fsp3) is 0.259. The van der Waals surface area contributed by atoms with E-state index in [0.717, 1.165) is 6.32 Å². The van der Waals surface area contributed by atoms with Gasteiger partial charge in [-0.15, -0.1) is 0 Å². The Balaban J connectivity index is 1.50. The monoisotopic (exact) mass is 378 g/mol. The molecule has 1 nitrogen and oxygen atoms in total. The van der Waals surface area contributed by atoms with E-state index < -0.39 is 0 Å². The van der Waals surface area contributed by atoms with Gasteiger partial charge in [-0.1, -0.05) is 80.6 Å². The molecule has 1 aliphatic rings. The van der Waals surface area contributed by atoms with Gasteiger partial charge in [0.15, 0.2) is 0 Å². The van der Waals surface area contributed by atoms with Crippen molar-refractivity contribution in [2.45, 2.75) is 39.6 Å². The van der Waals surface area contributed by atoms with E-state index in [1.54, 1.807) is 0 Å². The molecule has 4 aromatic carbocycles. The largest absolute Gasteiger partial charge is 0.426 e. The van der Waals surface area contributed by atoms with Gasteiger partial charge in [-0.3, -0.25) is 0 Å². The van der Waals surface area contributed by atoms with Crippen LogP contribution in [-0.4, -0.2) is 12.5 Å². The van der Waals surface area contributed by atoms with Crippen molar-refractivity contribution in [1.82, 2.24) is 0 Å². The van der Waals surface area contributed by atoms with Gasteiger partial charge in [0.25, 0.3) is 0 Å². The number of fused-ring (bicyclic) bond motifs is 2. The van der Waals surface area contributed by atoms with E-state index in [0.29, 0.717) is 0 Å². The third-order valence-corrected chi connectivity index (χ3v) is 7.08. The quantitative estimate of drug-likeness (QED) is 0.353. The lowest BCUT2D eigenvalue weighted by atomic mass is 9.54. The summed E-state index contributed by atoms with van der Waals surface area (Å²) in [5.41, 5.74) is 3.88. The van der Waals surface area contributed by atoms with Crippen LogP contribution in [0.3, 0.4) is 0 Å². The van der Waals surface area contributed by atoms with E-state index in [1.165, 1.54) is 38.1 Å². The molecular weight excluding hydrogens is 351 g/mol. The minimum absolute atomic E-state index is 0.105. The minimum Gasteiger partial charge on any atom is -0.426 e. The van der Waals surface area contributed by atoms with Crippen LogP contribution in [0.25, 0.3) is 32.7 Å². The number of hydrogen-bond acceptors (Lipinski definition) is 1. The third-order valence-electron chi connectivity index (χ3n) is 7.08. The van der Waals surface area contributed by atoms with E-state index in [2.05, 4.69) is 107 Å². The Bertz CT molecular complexity index is 1210. The van der Waals surface area contributed by atoms with E-state index >= 15 is 0 Å². The highest BCUT2D eigenvalue weighted by Crippen LogP contribution is 2.45. The predicted octanol–water partition coefficient (Wildman–Crippen LogP) is 6.69. The fourth-order valence-electron chi connectivity index (χ4n) is 4.46. The third kappa shape index (κ3) is 3.16. The molecule has 29 heavy (non-hydrogen) atoms. The summed E-state index contributed by atoms with van der Waals surface area (Å²) >= 11 is 0. The van der Waals surface area contributed by atoms with Gasteiger partial charge in [0.2, 0.25) is 0 Å². The summed E-state index contributed by atoms with van der Waals surface area (Å²) < 4.78 is 6.43. The molecule has 0 aromatic heterocycles. The number of rotatable bonds is 2. The van der Waals surface area contributed by atoms with Crippen molar-refractivity contribution in [3.63, 3.8) is 0 Å². The summed E-state index contributed by atoms with van der Waals surface area (Å²) in [6, 6.07) is 28.8. The summed E-state index contributed by atoms with van der Waals surface area (Å²) in [4.78, 5) is 0. The molecule has 0 unspecified atom stereocenters. The van der Waals surface area contributed by atoms with Gasteiger partial charge in [-0.25, -0.2) is 0 Å². The first-order valence-electron chi connectivity index (χ1n) is 10.5. The Kier molecular flexibility index (Phi) is 4.12. The summed E-state index contributed by atoms with van der Waals surface area (Å²) in [6.07, 6.45) is 1.06. The molecule has 0 spiro atoms. The summed E-state index contributed by atoms with van der Waals surface area (Å²) in [6.45, 7) is 9.21. The first kappa shape index (κ1) is 18.5. The van der Waals surface area contributed by atoms with Crippen molar-refractivity contribution in [2.75, 3.05) is 0 Å². The van der Waals surface area contributed by atoms with Crippen LogP contribution in [0.15, 0.2) is 78.9 Å². The summed E-state index contributed by atoms with van der Waals surface area (Å²) in [7, 11) is 0. The Morgan fingerprint density at radius 1 is 0.655 bits per heavy atom. The van der Waals surface area contributed by atoms with Gasteiger partial charge < -0.3 is 4.65 Å². The maximum absolute atomic E-state index is 6.43. The highest BCUT2D eigenvalue weighted by atomic mass is 16.5. The van der Waals surface area contributed by atoms with Gasteiger partial charge in [-0.2, -0.15) is 0 Å². The molecule has 0 atom stereocenters. The van der Waals surface area contributed by atoms with E-state index in [1.807, 2.05) is 0 Å². The Hall–Kier alpha value is -2.58. The zero-order valence-electron chi connectivity index (χ0n) is 17.7. The number of hydrogen-bond donors (Lipinski definition) is 0. The molecule has 0 amide bonds. The highest BCUT2D eigenvalue weighted by Gasteiger charge is 2.49. The molecule has 1 saturated heterocycles. The van der Waals surface area contributed by atoms with Gasteiger partial charge in [0.1, 0.15) is 0 Å². The van der Waals surface area contributed by atoms with Crippen LogP contribution in [0.4, 0.5) is 0 Å². The SMILES string of the molecule is CC1(C)CB(c2ccc3cc(-c4ccc5ccccc5c4)ccc3c2)OC1(C)C. The molecule has 0 radical (unpaired) electrons. The highest BCUT2D eigenvalue weighted by molar-refractivity contribution is 6.68. The average Bonchev–Trinajstić information content (AvgIpc) is 2.94. The molecule has 144 valence electrons. The molecule has 1 fully saturated rings. The normalized spacial score (nSPS) is 17.9. The molecular formula is C27H27BO. The maximum atomic E-state index is 6.43. The summed E-state index contributed by atoms with van der Waals surface area (Å²) in [5, 5.41) is 5.11. The van der Waals surface area contributed by atoms with Crippen LogP contribution in [0.1, 0.15) is 27.7 Å². The Morgan fingerprint density at radius 3 is 1.86 bits per heavy atom. The van der Waals surface area contributed by atoms with Crippen molar-refractivity contribution in [1.29, 1.82) is 0 Å². The van der Waals surface area contributed by atoms with Gasteiger partial charge in [0.05, 0.1) is 5.60 Å². The van der Waals surface area contributed by atoms with Crippen LogP contribution < -0.4 is 5.46 Å². The summed E-state index contributed by atoms with van der Waals surface area (Å²) in [5.74, 6) is 0. The standard InChI is InChI=1S/C27H27BO/c1-26(2)18-28(29-27(26,3)4)25-14-13-23-16-22(11-12-24(23)17-25)21-10-9-19-7-5-6-8-20(19)15-21/h5-17H,18H2,1-4H3. The topological polar surface area (TPSA) is 9.23 Å². The second-order valence-electron chi connectivity index (χ2n) is 9.59.